The first-order chi connectivity index (χ1) is 11.5. The van der Waals surface area contributed by atoms with Crippen molar-refractivity contribution in [3.8, 4) is 0 Å². The molecule has 0 saturated carbocycles. The fraction of sp³-hybridized carbons (Fsp3) is 0.150. The molecule has 1 heterocycles. The van der Waals surface area contributed by atoms with Crippen molar-refractivity contribution < 1.29 is 4.79 Å². The first-order valence-corrected chi connectivity index (χ1v) is 8.58. The van der Waals surface area contributed by atoms with E-state index in [0.717, 1.165) is 22.0 Å². The van der Waals surface area contributed by atoms with E-state index in [4.69, 9.17) is 0 Å². The molecular formula is C20H20N2OS. The molecule has 0 saturated heterocycles. The highest BCUT2D eigenvalue weighted by molar-refractivity contribution is 8.03. The van der Waals surface area contributed by atoms with Gasteiger partial charge in [0.15, 0.2) is 5.78 Å². The number of carbonyl (C=O) groups is 1. The van der Waals surface area contributed by atoms with E-state index in [1.54, 1.807) is 23.9 Å². The molecule has 3 nitrogen and oxygen atoms in total. The molecule has 1 aliphatic rings. The normalized spacial score (nSPS) is 15.1. The maximum absolute atomic E-state index is 12.2. The Hall–Kier alpha value is -2.46. The first kappa shape index (κ1) is 16.4. The minimum Gasteiger partial charge on any atom is -0.378 e. The Kier molecular flexibility index (Phi) is 4.76. The summed E-state index contributed by atoms with van der Waals surface area (Å²) in [6.45, 7) is 0. The van der Waals surface area contributed by atoms with Crippen LogP contribution in [0.4, 0.5) is 11.4 Å². The van der Waals surface area contributed by atoms with E-state index in [1.807, 2.05) is 68.5 Å². The van der Waals surface area contributed by atoms with Crippen LogP contribution in [0.2, 0.25) is 0 Å². The van der Waals surface area contributed by atoms with Gasteiger partial charge in [0.05, 0.1) is 10.7 Å². The number of rotatable bonds is 4. The number of thioether (sulfide) groups is 1. The number of carbonyl (C=O) groups excluding carboxylic acids is 1. The van der Waals surface area contributed by atoms with Crippen molar-refractivity contribution in [3.05, 3.63) is 71.3 Å². The lowest BCUT2D eigenvalue weighted by Crippen LogP contribution is -2.10. The van der Waals surface area contributed by atoms with Gasteiger partial charge in [-0.2, -0.15) is 0 Å². The van der Waals surface area contributed by atoms with Gasteiger partial charge in [-0.15, -0.1) is 0 Å². The van der Waals surface area contributed by atoms with E-state index < -0.39 is 0 Å². The number of hydrogen-bond acceptors (Lipinski definition) is 4. The third kappa shape index (κ3) is 3.54. The van der Waals surface area contributed by atoms with Crippen molar-refractivity contribution in [1.29, 1.82) is 0 Å². The van der Waals surface area contributed by atoms with Gasteiger partial charge in [-0.3, -0.25) is 4.79 Å². The van der Waals surface area contributed by atoms with Gasteiger partial charge in [0, 0.05) is 37.8 Å². The molecule has 3 rings (SSSR count). The standard InChI is InChI=1S/C20H20N2OS/c1-21(2)16-11-8-15(9-12-16)10-13-17(23)14-20-22(3)18-6-4-5-7-19(18)24-20/h4-14H,1-3H3. The molecule has 0 N–H and O–H groups in total. The number of fused-ring (bicyclic) bond motifs is 1. The number of nitrogens with zero attached hydrogens (tertiary/aromatic N) is 2. The molecule has 0 amide bonds. The number of anilines is 2. The number of allylic oxidation sites excluding steroid dienone is 2. The smallest absolute Gasteiger partial charge is 0.181 e. The molecule has 0 unspecified atom stereocenters. The number of benzene rings is 2. The Morgan fingerprint density at radius 3 is 2.46 bits per heavy atom. The van der Waals surface area contributed by atoms with Gasteiger partial charge in [0.25, 0.3) is 0 Å². The van der Waals surface area contributed by atoms with Crippen LogP contribution in [0.15, 0.2) is 70.6 Å². The van der Waals surface area contributed by atoms with Gasteiger partial charge in [-0.1, -0.05) is 42.1 Å². The lowest BCUT2D eigenvalue weighted by atomic mass is 10.1. The van der Waals surface area contributed by atoms with Gasteiger partial charge >= 0.3 is 0 Å². The minimum atomic E-state index is -0.00570. The van der Waals surface area contributed by atoms with Crippen molar-refractivity contribution in [2.24, 2.45) is 0 Å². The molecule has 0 radical (unpaired) electrons. The Morgan fingerprint density at radius 2 is 1.79 bits per heavy atom. The van der Waals surface area contributed by atoms with Crippen LogP contribution in [-0.2, 0) is 4.79 Å². The van der Waals surface area contributed by atoms with E-state index in [0.29, 0.717) is 0 Å². The summed E-state index contributed by atoms with van der Waals surface area (Å²) in [7, 11) is 6.00. The van der Waals surface area contributed by atoms with Crippen LogP contribution in [-0.4, -0.2) is 26.9 Å². The predicted octanol–water partition coefficient (Wildman–Crippen LogP) is 4.42. The van der Waals surface area contributed by atoms with Crippen molar-refractivity contribution in [2.45, 2.75) is 4.90 Å². The molecule has 0 atom stereocenters. The number of ketones is 1. The van der Waals surface area contributed by atoms with E-state index in [9.17, 15) is 4.79 Å². The van der Waals surface area contributed by atoms with Crippen molar-refractivity contribution in [1.82, 2.24) is 0 Å². The molecule has 2 aromatic rings. The van der Waals surface area contributed by atoms with Gasteiger partial charge < -0.3 is 9.80 Å². The summed E-state index contributed by atoms with van der Waals surface area (Å²) in [6.07, 6.45) is 5.16. The minimum absolute atomic E-state index is 0.00570. The summed E-state index contributed by atoms with van der Waals surface area (Å²) in [6, 6.07) is 16.3. The SMILES string of the molecule is CN(C)c1ccc(C=CC(=O)C=C2Sc3ccccc3N2C)cc1. The zero-order valence-electron chi connectivity index (χ0n) is 14.1. The Bertz CT molecular complexity index is 807. The Labute approximate surface area is 147 Å². The summed E-state index contributed by atoms with van der Waals surface area (Å²) in [5, 5.41) is 0.953. The molecule has 0 bridgehead atoms. The second kappa shape index (κ2) is 6.97. The molecule has 1 aliphatic heterocycles. The largest absolute Gasteiger partial charge is 0.378 e. The van der Waals surface area contributed by atoms with Crippen molar-refractivity contribution in [2.75, 3.05) is 30.9 Å². The van der Waals surface area contributed by atoms with Gasteiger partial charge in [0.2, 0.25) is 0 Å². The zero-order chi connectivity index (χ0) is 17.1. The maximum Gasteiger partial charge on any atom is 0.181 e. The molecule has 2 aromatic carbocycles. The van der Waals surface area contributed by atoms with Crippen LogP contribution in [0, 0.1) is 0 Å². The molecule has 0 aromatic heterocycles. The summed E-state index contributed by atoms with van der Waals surface area (Å²) >= 11 is 1.63. The van der Waals surface area contributed by atoms with Crippen LogP contribution in [0.3, 0.4) is 0 Å². The van der Waals surface area contributed by atoms with Gasteiger partial charge in [-0.25, -0.2) is 0 Å². The molecule has 24 heavy (non-hydrogen) atoms. The second-order valence-corrected chi connectivity index (χ2v) is 6.90. The number of hydrogen-bond donors (Lipinski definition) is 0. The molecule has 122 valence electrons. The maximum atomic E-state index is 12.2. The third-order valence-corrected chi connectivity index (χ3v) is 5.05. The average Bonchev–Trinajstić information content (AvgIpc) is 2.89. The first-order valence-electron chi connectivity index (χ1n) is 7.76. The van der Waals surface area contributed by atoms with E-state index in [1.165, 1.54) is 4.90 Å². The summed E-state index contributed by atoms with van der Waals surface area (Å²) < 4.78 is 0. The fourth-order valence-electron chi connectivity index (χ4n) is 2.48. The van der Waals surface area contributed by atoms with Crippen molar-refractivity contribution >= 4 is 35.0 Å². The third-order valence-electron chi connectivity index (χ3n) is 3.89. The highest BCUT2D eigenvalue weighted by atomic mass is 32.2. The lowest BCUT2D eigenvalue weighted by Gasteiger charge is -2.12. The zero-order valence-corrected chi connectivity index (χ0v) is 14.9. The van der Waals surface area contributed by atoms with Gasteiger partial charge in [-0.05, 0) is 35.9 Å². The molecular weight excluding hydrogens is 316 g/mol. The van der Waals surface area contributed by atoms with Gasteiger partial charge in [0.1, 0.15) is 0 Å². The van der Waals surface area contributed by atoms with Crippen LogP contribution in [0.5, 0.6) is 0 Å². The fourth-order valence-corrected chi connectivity index (χ4v) is 3.57. The van der Waals surface area contributed by atoms with Crippen LogP contribution < -0.4 is 9.80 Å². The topological polar surface area (TPSA) is 23.6 Å². The summed E-state index contributed by atoms with van der Waals surface area (Å²) in [5.41, 5.74) is 3.30. The predicted molar refractivity (Wildman–Crippen MR) is 104 cm³/mol. The summed E-state index contributed by atoms with van der Waals surface area (Å²) in [5.74, 6) is -0.00570. The Balaban J connectivity index is 1.70. The molecule has 4 heteroatoms. The molecule has 0 fully saturated rings. The molecule has 0 aliphatic carbocycles. The quantitative estimate of drug-likeness (QED) is 0.771. The average molecular weight is 336 g/mol. The Morgan fingerprint density at radius 1 is 1.08 bits per heavy atom. The lowest BCUT2D eigenvalue weighted by molar-refractivity contribution is -0.110. The van der Waals surface area contributed by atoms with Crippen LogP contribution in [0.1, 0.15) is 5.56 Å². The van der Waals surface area contributed by atoms with E-state index in [-0.39, 0.29) is 5.78 Å². The van der Waals surface area contributed by atoms with Crippen LogP contribution >= 0.6 is 11.8 Å². The summed E-state index contributed by atoms with van der Waals surface area (Å²) in [4.78, 5) is 17.5. The van der Waals surface area contributed by atoms with E-state index >= 15 is 0 Å². The van der Waals surface area contributed by atoms with E-state index in [2.05, 4.69) is 17.0 Å². The highest BCUT2D eigenvalue weighted by Crippen LogP contribution is 2.44. The van der Waals surface area contributed by atoms with Crippen molar-refractivity contribution in [3.63, 3.8) is 0 Å². The highest BCUT2D eigenvalue weighted by Gasteiger charge is 2.21. The second-order valence-electron chi connectivity index (χ2n) is 5.83. The molecule has 0 spiro atoms. The number of para-hydroxylation sites is 1. The monoisotopic (exact) mass is 336 g/mol. The van der Waals surface area contributed by atoms with Crippen LogP contribution in [0.25, 0.3) is 6.08 Å².